The van der Waals surface area contributed by atoms with Crippen molar-refractivity contribution in [1.82, 2.24) is 15.4 Å². The molecule has 9 heteroatoms. The van der Waals surface area contributed by atoms with Crippen molar-refractivity contribution in [1.29, 1.82) is 0 Å². The van der Waals surface area contributed by atoms with Gasteiger partial charge in [-0.25, -0.2) is 4.79 Å². The molecule has 2 aliphatic rings. The molecule has 2 fully saturated rings. The van der Waals surface area contributed by atoms with Crippen LogP contribution < -0.4 is 14.8 Å². The van der Waals surface area contributed by atoms with Crippen LogP contribution in [0.2, 0.25) is 0 Å². The lowest BCUT2D eigenvalue weighted by molar-refractivity contribution is -0.124. The van der Waals surface area contributed by atoms with Crippen molar-refractivity contribution in [3.63, 3.8) is 0 Å². The number of benzene rings is 1. The molecule has 0 bridgehead atoms. The molecular weight excluding hydrogens is 414 g/mol. The third kappa shape index (κ3) is 4.24. The van der Waals surface area contributed by atoms with Gasteiger partial charge in [0.25, 0.3) is 0 Å². The number of likely N-dealkylation sites (tertiary alicyclic amines) is 1. The molecule has 9 nitrogen and oxygen atoms in total. The lowest BCUT2D eigenvalue weighted by atomic mass is 9.98. The first-order chi connectivity index (χ1) is 15.5. The maximum atomic E-state index is 13.1. The van der Waals surface area contributed by atoms with Crippen molar-refractivity contribution < 1.29 is 28.3 Å². The maximum Gasteiger partial charge on any atom is 0.409 e. The lowest BCUT2D eigenvalue weighted by Crippen LogP contribution is -2.49. The Kier molecular flexibility index (Phi) is 6.25. The molecule has 1 N–H and O–H groups in total. The number of aromatic nitrogens is 1. The van der Waals surface area contributed by atoms with E-state index in [0.29, 0.717) is 55.5 Å². The van der Waals surface area contributed by atoms with Gasteiger partial charge in [0.15, 0.2) is 17.3 Å². The minimum atomic E-state index is -0.642. The Morgan fingerprint density at radius 1 is 1.16 bits per heavy atom. The fraction of sp³-hybridized carbons (Fsp3) is 0.522. The molecule has 2 heterocycles. The molecule has 0 unspecified atom stereocenters. The van der Waals surface area contributed by atoms with Crippen molar-refractivity contribution in [3.8, 4) is 22.8 Å². The molecule has 1 aromatic heterocycles. The zero-order valence-corrected chi connectivity index (χ0v) is 18.7. The molecule has 1 saturated heterocycles. The van der Waals surface area contributed by atoms with Crippen LogP contribution in [0.5, 0.6) is 11.5 Å². The summed E-state index contributed by atoms with van der Waals surface area (Å²) in [5.41, 5.74) is 0.795. The van der Waals surface area contributed by atoms with Crippen molar-refractivity contribution in [3.05, 3.63) is 30.0 Å². The quantitative estimate of drug-likeness (QED) is 0.701. The van der Waals surface area contributed by atoms with Gasteiger partial charge in [0.2, 0.25) is 5.91 Å². The van der Waals surface area contributed by atoms with Gasteiger partial charge in [-0.2, -0.15) is 0 Å². The van der Waals surface area contributed by atoms with E-state index in [1.807, 2.05) is 18.2 Å². The number of nitrogens with zero attached hydrogens (tertiary/aromatic N) is 2. The van der Waals surface area contributed by atoms with E-state index >= 15 is 0 Å². The molecule has 32 heavy (non-hydrogen) atoms. The summed E-state index contributed by atoms with van der Waals surface area (Å²) >= 11 is 0. The van der Waals surface area contributed by atoms with Crippen LogP contribution in [0, 0.1) is 0 Å². The third-order valence-corrected chi connectivity index (χ3v) is 6.21. The Morgan fingerprint density at radius 2 is 1.88 bits per heavy atom. The van der Waals surface area contributed by atoms with E-state index in [1.54, 1.807) is 32.1 Å². The number of carbonyl (C=O) groups excluding carboxylic acids is 2. The minimum absolute atomic E-state index is 0.0285. The zero-order valence-electron chi connectivity index (χ0n) is 18.7. The van der Waals surface area contributed by atoms with Gasteiger partial charge in [0.05, 0.1) is 31.9 Å². The Morgan fingerprint density at radius 3 is 2.50 bits per heavy atom. The van der Waals surface area contributed by atoms with Gasteiger partial charge in [-0.15, -0.1) is 0 Å². The van der Waals surface area contributed by atoms with Gasteiger partial charge in [-0.3, -0.25) is 4.79 Å². The van der Waals surface area contributed by atoms with Crippen molar-refractivity contribution in [2.45, 2.75) is 44.1 Å². The summed E-state index contributed by atoms with van der Waals surface area (Å²) in [6.07, 6.45) is 2.59. The van der Waals surface area contributed by atoms with Crippen LogP contribution in [0.3, 0.4) is 0 Å². The average Bonchev–Trinajstić information content (AvgIpc) is 3.48. The molecule has 172 valence electrons. The lowest BCUT2D eigenvalue weighted by Gasteiger charge is -2.32. The Labute approximate surface area is 187 Å². The van der Waals surface area contributed by atoms with Crippen molar-refractivity contribution >= 4 is 12.0 Å². The molecule has 1 aliphatic carbocycles. The maximum absolute atomic E-state index is 13.1. The molecule has 0 spiro atoms. The predicted molar refractivity (Wildman–Crippen MR) is 116 cm³/mol. The minimum Gasteiger partial charge on any atom is -0.493 e. The molecule has 0 atom stereocenters. The first-order valence-corrected chi connectivity index (χ1v) is 10.9. The van der Waals surface area contributed by atoms with Gasteiger partial charge < -0.3 is 29.0 Å². The molecule has 2 amide bonds. The summed E-state index contributed by atoms with van der Waals surface area (Å²) in [6.45, 7) is 3.30. The van der Waals surface area contributed by atoms with E-state index in [2.05, 4.69) is 10.5 Å². The van der Waals surface area contributed by atoms with Crippen LogP contribution in [0.15, 0.2) is 28.8 Å². The second-order valence-corrected chi connectivity index (χ2v) is 8.16. The van der Waals surface area contributed by atoms with E-state index < -0.39 is 5.41 Å². The summed E-state index contributed by atoms with van der Waals surface area (Å²) in [5.74, 6) is 1.76. The number of amides is 2. The monoisotopic (exact) mass is 443 g/mol. The highest BCUT2D eigenvalue weighted by atomic mass is 16.6. The third-order valence-electron chi connectivity index (χ3n) is 6.21. The van der Waals surface area contributed by atoms with E-state index in [0.717, 1.165) is 18.4 Å². The van der Waals surface area contributed by atoms with E-state index in [-0.39, 0.29) is 18.0 Å². The number of hydrogen-bond donors (Lipinski definition) is 1. The summed E-state index contributed by atoms with van der Waals surface area (Å²) in [4.78, 5) is 26.7. The van der Waals surface area contributed by atoms with Gasteiger partial charge in [-0.1, -0.05) is 5.16 Å². The number of rotatable bonds is 7. The van der Waals surface area contributed by atoms with E-state index in [4.69, 9.17) is 18.7 Å². The number of piperidine rings is 1. The van der Waals surface area contributed by atoms with Gasteiger partial charge in [0.1, 0.15) is 0 Å². The van der Waals surface area contributed by atoms with Gasteiger partial charge in [0, 0.05) is 30.8 Å². The topological polar surface area (TPSA) is 103 Å². The highest BCUT2D eigenvalue weighted by Gasteiger charge is 2.54. The number of carbonyl (C=O) groups is 2. The summed E-state index contributed by atoms with van der Waals surface area (Å²) in [5, 5.41) is 7.38. The van der Waals surface area contributed by atoms with Gasteiger partial charge in [-0.05, 0) is 50.8 Å². The van der Waals surface area contributed by atoms with Crippen molar-refractivity contribution in [2.75, 3.05) is 33.9 Å². The average molecular weight is 444 g/mol. The van der Waals surface area contributed by atoms with Crippen LogP contribution in [0.25, 0.3) is 11.3 Å². The molecule has 0 radical (unpaired) electrons. The second-order valence-electron chi connectivity index (χ2n) is 8.16. The highest BCUT2D eigenvalue weighted by molar-refractivity contribution is 5.91. The van der Waals surface area contributed by atoms with Crippen molar-refractivity contribution in [2.24, 2.45) is 0 Å². The Balaban J connectivity index is 1.40. The van der Waals surface area contributed by atoms with Crippen LogP contribution in [-0.2, 0) is 14.9 Å². The van der Waals surface area contributed by atoms with E-state index in [1.165, 1.54) is 0 Å². The Hall–Kier alpha value is -3.23. The standard InChI is InChI=1S/C23H29N3O6/c1-4-31-22(28)26-11-7-16(8-12-26)24-21(27)23(9-10-23)20-14-18(32-25-20)15-5-6-17(29-2)19(13-15)30-3/h5-6,13-14,16H,4,7-12H2,1-3H3,(H,24,27). The number of hydrogen-bond acceptors (Lipinski definition) is 7. The summed E-state index contributed by atoms with van der Waals surface area (Å²) in [7, 11) is 3.16. The molecule has 2 aromatic rings. The van der Waals surface area contributed by atoms with Crippen LogP contribution in [-0.4, -0.2) is 62.0 Å². The fourth-order valence-corrected chi connectivity index (χ4v) is 4.10. The molecule has 1 aromatic carbocycles. The first kappa shape index (κ1) is 22.0. The molecule has 1 aliphatic heterocycles. The molecule has 1 saturated carbocycles. The largest absolute Gasteiger partial charge is 0.493 e. The van der Waals surface area contributed by atoms with E-state index in [9.17, 15) is 9.59 Å². The first-order valence-electron chi connectivity index (χ1n) is 10.9. The van der Waals surface area contributed by atoms with Crippen LogP contribution in [0.1, 0.15) is 38.3 Å². The molecular formula is C23H29N3O6. The zero-order chi connectivity index (χ0) is 22.7. The normalized spacial score (nSPS) is 17.5. The second kappa shape index (κ2) is 9.10. The Bertz CT molecular complexity index is 976. The predicted octanol–water partition coefficient (Wildman–Crippen LogP) is 3.13. The smallest absolute Gasteiger partial charge is 0.409 e. The highest BCUT2D eigenvalue weighted by Crippen LogP contribution is 2.49. The van der Waals surface area contributed by atoms with Crippen LogP contribution >= 0.6 is 0 Å². The summed E-state index contributed by atoms with van der Waals surface area (Å²) in [6, 6.07) is 7.35. The van der Waals surface area contributed by atoms with Gasteiger partial charge >= 0.3 is 6.09 Å². The van der Waals surface area contributed by atoms with Crippen LogP contribution in [0.4, 0.5) is 4.79 Å². The molecule has 4 rings (SSSR count). The number of ether oxygens (including phenoxy) is 3. The fourth-order valence-electron chi connectivity index (χ4n) is 4.10. The SMILES string of the molecule is CCOC(=O)N1CCC(NC(=O)C2(c3cc(-c4ccc(OC)c(OC)c4)on3)CC2)CC1. The summed E-state index contributed by atoms with van der Waals surface area (Å²) < 4.78 is 21.3. The number of nitrogens with one attached hydrogen (secondary N) is 1. The number of methoxy groups -OCH3 is 2.